The Morgan fingerprint density at radius 2 is 2.28 bits per heavy atom. The quantitative estimate of drug-likeness (QED) is 0.844. The lowest BCUT2D eigenvalue weighted by Gasteiger charge is -2.23. The van der Waals surface area contributed by atoms with E-state index in [1.54, 1.807) is 17.0 Å². The molecule has 0 radical (unpaired) electrons. The minimum atomic E-state index is -0.392. The van der Waals surface area contributed by atoms with Gasteiger partial charge in [0.05, 0.1) is 7.11 Å². The Morgan fingerprint density at radius 1 is 1.56 bits per heavy atom. The van der Waals surface area contributed by atoms with Gasteiger partial charge in [-0.15, -0.1) is 0 Å². The number of phenolic OH excluding ortho intramolecular Hbond substituents is 1. The number of benzene rings is 1. The summed E-state index contributed by atoms with van der Waals surface area (Å²) in [6.45, 7) is 2.37. The van der Waals surface area contributed by atoms with Crippen LogP contribution in [0.5, 0.6) is 11.5 Å². The van der Waals surface area contributed by atoms with E-state index in [2.05, 4.69) is 4.99 Å². The van der Waals surface area contributed by atoms with Crippen LogP contribution in [0.3, 0.4) is 0 Å². The summed E-state index contributed by atoms with van der Waals surface area (Å²) in [4.78, 5) is 16.9. The summed E-state index contributed by atoms with van der Waals surface area (Å²) in [6, 6.07) is 4.14. The number of likely N-dealkylation sites (N-methyl/N-ethyl adjacent to an activating group) is 1. The summed E-state index contributed by atoms with van der Waals surface area (Å²) in [5.74, 6) is 0.648. The van der Waals surface area contributed by atoms with Gasteiger partial charge in [-0.2, -0.15) is 4.99 Å². The Balaban J connectivity index is 2.42. The van der Waals surface area contributed by atoms with Crippen LogP contribution in [0.4, 0.5) is 4.79 Å². The first-order chi connectivity index (χ1) is 8.58. The molecule has 0 saturated carbocycles. The topological polar surface area (TPSA) is 88.2 Å². The summed E-state index contributed by atoms with van der Waals surface area (Å²) in [5.41, 5.74) is 6.54. The van der Waals surface area contributed by atoms with Crippen molar-refractivity contribution in [2.24, 2.45) is 10.7 Å². The minimum Gasteiger partial charge on any atom is -0.504 e. The van der Waals surface area contributed by atoms with Gasteiger partial charge in [0.2, 0.25) is 0 Å². The summed E-state index contributed by atoms with van der Waals surface area (Å²) < 4.78 is 5.04. The van der Waals surface area contributed by atoms with Gasteiger partial charge in [-0.1, -0.05) is 6.07 Å². The second-order valence-electron chi connectivity index (χ2n) is 3.94. The van der Waals surface area contributed by atoms with Crippen LogP contribution in [0, 0.1) is 0 Å². The van der Waals surface area contributed by atoms with Gasteiger partial charge < -0.3 is 20.5 Å². The van der Waals surface area contributed by atoms with Crippen molar-refractivity contribution >= 4 is 11.9 Å². The van der Waals surface area contributed by atoms with E-state index in [0.29, 0.717) is 12.3 Å². The highest BCUT2D eigenvalue weighted by Gasteiger charge is 2.33. The number of urea groups is 1. The van der Waals surface area contributed by atoms with Crippen LogP contribution in [0.15, 0.2) is 23.2 Å². The van der Waals surface area contributed by atoms with Gasteiger partial charge >= 0.3 is 6.03 Å². The lowest BCUT2D eigenvalue weighted by atomic mass is 10.0. The zero-order valence-corrected chi connectivity index (χ0v) is 10.3. The highest BCUT2D eigenvalue weighted by molar-refractivity contribution is 6.03. The average molecular weight is 249 g/mol. The molecule has 0 fully saturated rings. The van der Waals surface area contributed by atoms with Gasteiger partial charge in [-0.05, 0) is 24.6 Å². The van der Waals surface area contributed by atoms with Gasteiger partial charge in [0.25, 0.3) is 0 Å². The second-order valence-corrected chi connectivity index (χ2v) is 3.94. The van der Waals surface area contributed by atoms with Gasteiger partial charge in [0.1, 0.15) is 11.9 Å². The maximum atomic E-state index is 11.6. The summed E-state index contributed by atoms with van der Waals surface area (Å²) in [6.07, 6.45) is 0. The standard InChI is InChI=1S/C12H15N3O3/c1-3-15-10(11(13)14-12(15)17)7-4-5-8(16)9(6-7)18-2/h4-6,10,16H,3H2,1-2H3,(H2,13,14,17). The molecule has 2 amide bonds. The minimum absolute atomic E-state index is 0.0455. The zero-order chi connectivity index (χ0) is 13.3. The van der Waals surface area contributed by atoms with E-state index in [4.69, 9.17) is 10.5 Å². The SMILES string of the molecule is CCN1C(=O)N=C(N)C1c1ccc(O)c(OC)c1. The second kappa shape index (κ2) is 4.56. The molecule has 1 aliphatic rings. The lowest BCUT2D eigenvalue weighted by molar-refractivity contribution is 0.209. The number of ether oxygens (including phenoxy) is 1. The Labute approximate surface area is 105 Å². The first-order valence-electron chi connectivity index (χ1n) is 5.60. The van der Waals surface area contributed by atoms with E-state index in [1.165, 1.54) is 13.2 Å². The number of amides is 2. The van der Waals surface area contributed by atoms with E-state index >= 15 is 0 Å². The van der Waals surface area contributed by atoms with Crippen molar-refractivity contribution in [1.29, 1.82) is 0 Å². The third-order valence-corrected chi connectivity index (χ3v) is 2.92. The Morgan fingerprint density at radius 3 is 2.89 bits per heavy atom. The predicted octanol–water partition coefficient (Wildman–Crippen LogP) is 1.25. The highest BCUT2D eigenvalue weighted by Crippen LogP contribution is 2.33. The van der Waals surface area contributed by atoms with E-state index in [1.807, 2.05) is 6.92 Å². The van der Waals surface area contributed by atoms with Crippen molar-refractivity contribution in [1.82, 2.24) is 4.90 Å². The maximum absolute atomic E-state index is 11.6. The van der Waals surface area contributed by atoms with Crippen molar-refractivity contribution in [3.63, 3.8) is 0 Å². The number of hydrogen-bond acceptors (Lipinski definition) is 4. The van der Waals surface area contributed by atoms with Crippen LogP contribution in [-0.2, 0) is 0 Å². The first kappa shape index (κ1) is 12.2. The number of methoxy groups -OCH3 is 1. The van der Waals surface area contributed by atoms with Crippen molar-refractivity contribution in [2.45, 2.75) is 13.0 Å². The molecule has 18 heavy (non-hydrogen) atoms. The number of carbonyl (C=O) groups is 1. The molecule has 0 aliphatic carbocycles. The molecule has 3 N–H and O–H groups in total. The molecule has 0 spiro atoms. The third-order valence-electron chi connectivity index (χ3n) is 2.92. The molecule has 1 aromatic rings. The van der Waals surface area contributed by atoms with E-state index < -0.39 is 6.04 Å². The van der Waals surface area contributed by atoms with Gasteiger partial charge in [0.15, 0.2) is 11.5 Å². The highest BCUT2D eigenvalue weighted by atomic mass is 16.5. The number of phenols is 1. The number of nitrogens with zero attached hydrogens (tertiary/aromatic N) is 2. The van der Waals surface area contributed by atoms with E-state index in [0.717, 1.165) is 5.56 Å². The molecule has 1 unspecified atom stereocenters. The third kappa shape index (κ3) is 1.85. The molecule has 2 rings (SSSR count). The molecular weight excluding hydrogens is 234 g/mol. The van der Waals surface area contributed by atoms with Crippen LogP contribution >= 0.6 is 0 Å². The number of nitrogens with two attached hydrogens (primary N) is 1. The molecule has 1 aliphatic heterocycles. The lowest BCUT2D eigenvalue weighted by Crippen LogP contribution is -2.33. The normalized spacial score (nSPS) is 19.0. The molecule has 0 aromatic heterocycles. The van der Waals surface area contributed by atoms with E-state index in [-0.39, 0.29) is 17.6 Å². The summed E-state index contributed by atoms with van der Waals surface area (Å²) >= 11 is 0. The monoisotopic (exact) mass is 249 g/mol. The number of carbonyl (C=O) groups excluding carboxylic acids is 1. The van der Waals surface area contributed by atoms with Gasteiger partial charge in [-0.3, -0.25) is 0 Å². The van der Waals surface area contributed by atoms with Gasteiger partial charge in [0, 0.05) is 6.54 Å². The molecule has 1 aromatic carbocycles. The molecule has 1 heterocycles. The van der Waals surface area contributed by atoms with Crippen LogP contribution in [0.2, 0.25) is 0 Å². The van der Waals surface area contributed by atoms with Crippen LogP contribution in [0.25, 0.3) is 0 Å². The molecule has 6 nitrogen and oxygen atoms in total. The zero-order valence-electron chi connectivity index (χ0n) is 10.3. The van der Waals surface area contributed by atoms with Crippen LogP contribution < -0.4 is 10.5 Å². The number of aromatic hydroxyl groups is 1. The van der Waals surface area contributed by atoms with Crippen LogP contribution in [0.1, 0.15) is 18.5 Å². The molecule has 6 heteroatoms. The Kier molecular flexibility index (Phi) is 3.10. The van der Waals surface area contributed by atoms with Crippen molar-refractivity contribution in [3.05, 3.63) is 23.8 Å². The average Bonchev–Trinajstić information content (AvgIpc) is 2.64. The number of aliphatic imine (C=N–C) groups is 1. The number of rotatable bonds is 3. The first-order valence-corrected chi connectivity index (χ1v) is 5.60. The fourth-order valence-corrected chi connectivity index (χ4v) is 2.04. The smallest absolute Gasteiger partial charge is 0.346 e. The fourth-order valence-electron chi connectivity index (χ4n) is 2.04. The molecule has 1 atom stereocenters. The fraction of sp³-hybridized carbons (Fsp3) is 0.333. The summed E-state index contributed by atoms with van der Waals surface area (Å²) in [5, 5.41) is 9.55. The van der Waals surface area contributed by atoms with Crippen molar-refractivity contribution < 1.29 is 14.6 Å². The predicted molar refractivity (Wildman–Crippen MR) is 66.8 cm³/mol. The number of hydrogen-bond donors (Lipinski definition) is 2. The van der Waals surface area contributed by atoms with Crippen molar-refractivity contribution in [2.75, 3.05) is 13.7 Å². The van der Waals surface area contributed by atoms with Crippen molar-refractivity contribution in [3.8, 4) is 11.5 Å². The largest absolute Gasteiger partial charge is 0.504 e. The Bertz CT molecular complexity index is 513. The molecule has 0 bridgehead atoms. The summed E-state index contributed by atoms with van der Waals surface area (Å²) in [7, 11) is 1.47. The molecule has 96 valence electrons. The van der Waals surface area contributed by atoms with Gasteiger partial charge in [-0.25, -0.2) is 4.79 Å². The molecular formula is C12H15N3O3. The maximum Gasteiger partial charge on any atom is 0.346 e. The Hall–Kier alpha value is -2.24. The molecule has 0 saturated heterocycles. The van der Waals surface area contributed by atoms with E-state index in [9.17, 15) is 9.90 Å². The number of amidine groups is 1. The van der Waals surface area contributed by atoms with Crippen LogP contribution in [-0.4, -0.2) is 35.5 Å².